The number of ether oxygens (including phenoxy) is 1. The van der Waals surface area contributed by atoms with E-state index in [-0.39, 0.29) is 18.3 Å². The maximum atomic E-state index is 11.9. The van der Waals surface area contributed by atoms with E-state index in [0.717, 1.165) is 38.2 Å². The molecule has 19 heavy (non-hydrogen) atoms. The van der Waals surface area contributed by atoms with E-state index in [1.807, 2.05) is 24.3 Å². The van der Waals surface area contributed by atoms with Crippen molar-refractivity contribution in [2.75, 3.05) is 19.8 Å². The summed E-state index contributed by atoms with van der Waals surface area (Å²) in [6.07, 6.45) is 2.07. The molecule has 1 aliphatic rings. The Bertz CT molecular complexity index is 389. The predicted molar refractivity (Wildman–Crippen MR) is 77.5 cm³/mol. The first-order valence-electron chi connectivity index (χ1n) is 6.44. The smallest absolute Gasteiger partial charge is 0.251 e. The molecule has 1 amide bonds. The van der Waals surface area contributed by atoms with Gasteiger partial charge in [-0.3, -0.25) is 4.79 Å². The van der Waals surface area contributed by atoms with Gasteiger partial charge in [0.2, 0.25) is 0 Å². The van der Waals surface area contributed by atoms with E-state index in [4.69, 9.17) is 10.5 Å². The van der Waals surface area contributed by atoms with Crippen LogP contribution in [0.15, 0.2) is 24.3 Å². The number of carbonyl (C=O) groups is 1. The largest absolute Gasteiger partial charge is 0.381 e. The van der Waals surface area contributed by atoms with Crippen molar-refractivity contribution in [1.29, 1.82) is 0 Å². The van der Waals surface area contributed by atoms with Crippen molar-refractivity contribution in [3.05, 3.63) is 35.4 Å². The third kappa shape index (κ3) is 4.82. The van der Waals surface area contributed by atoms with Crippen LogP contribution in [0.25, 0.3) is 0 Å². The average molecular weight is 285 g/mol. The minimum absolute atomic E-state index is 0. The van der Waals surface area contributed by atoms with Crippen LogP contribution in [0.2, 0.25) is 0 Å². The molecular weight excluding hydrogens is 264 g/mol. The number of nitrogens with one attached hydrogen (secondary N) is 1. The zero-order valence-corrected chi connectivity index (χ0v) is 11.7. The first kappa shape index (κ1) is 16.0. The SMILES string of the molecule is Cl.NCc1ccc(C(=O)NCC2CCOCC2)cc1. The van der Waals surface area contributed by atoms with Crippen molar-refractivity contribution in [3.8, 4) is 0 Å². The first-order chi connectivity index (χ1) is 8.79. The fraction of sp³-hybridized carbons (Fsp3) is 0.500. The zero-order chi connectivity index (χ0) is 12.8. The van der Waals surface area contributed by atoms with E-state index in [1.54, 1.807) is 0 Å². The van der Waals surface area contributed by atoms with Crippen LogP contribution in [0.5, 0.6) is 0 Å². The monoisotopic (exact) mass is 284 g/mol. The molecule has 1 aromatic rings. The van der Waals surface area contributed by atoms with Gasteiger partial charge >= 0.3 is 0 Å². The first-order valence-corrected chi connectivity index (χ1v) is 6.44. The summed E-state index contributed by atoms with van der Waals surface area (Å²) in [4.78, 5) is 11.9. The number of carbonyl (C=O) groups excluding carboxylic acids is 1. The predicted octanol–water partition coefficient (Wildman–Crippen LogP) is 1.72. The Morgan fingerprint density at radius 1 is 1.26 bits per heavy atom. The van der Waals surface area contributed by atoms with Crippen LogP contribution < -0.4 is 11.1 Å². The quantitative estimate of drug-likeness (QED) is 0.885. The molecule has 1 aliphatic heterocycles. The summed E-state index contributed by atoms with van der Waals surface area (Å²) in [6.45, 7) is 2.86. The Hall–Kier alpha value is -1.10. The Morgan fingerprint density at radius 2 is 1.89 bits per heavy atom. The lowest BCUT2D eigenvalue weighted by molar-refractivity contribution is 0.0642. The number of nitrogens with two attached hydrogens (primary N) is 1. The van der Waals surface area contributed by atoms with Crippen LogP contribution in [-0.4, -0.2) is 25.7 Å². The van der Waals surface area contributed by atoms with Gasteiger partial charge in [0, 0.05) is 31.9 Å². The summed E-state index contributed by atoms with van der Waals surface area (Å²) < 4.78 is 5.29. The molecule has 0 unspecified atom stereocenters. The van der Waals surface area contributed by atoms with E-state index in [9.17, 15) is 4.79 Å². The lowest BCUT2D eigenvalue weighted by atomic mass is 10.0. The second-order valence-electron chi connectivity index (χ2n) is 4.67. The molecule has 3 N–H and O–H groups in total. The van der Waals surface area contributed by atoms with E-state index >= 15 is 0 Å². The summed E-state index contributed by atoms with van der Waals surface area (Å²) in [7, 11) is 0. The lowest BCUT2D eigenvalue weighted by Crippen LogP contribution is -2.32. The molecule has 1 fully saturated rings. The standard InChI is InChI=1S/C14H20N2O2.ClH/c15-9-11-1-3-13(4-2-11)14(17)16-10-12-5-7-18-8-6-12;/h1-4,12H,5-10,15H2,(H,16,17);1H. The van der Waals surface area contributed by atoms with Crippen LogP contribution in [0.1, 0.15) is 28.8 Å². The summed E-state index contributed by atoms with van der Waals surface area (Å²) in [5, 5.41) is 2.98. The summed E-state index contributed by atoms with van der Waals surface area (Å²) >= 11 is 0. The highest BCUT2D eigenvalue weighted by Crippen LogP contribution is 2.13. The van der Waals surface area contributed by atoms with Gasteiger partial charge in [0.05, 0.1) is 0 Å². The van der Waals surface area contributed by atoms with Crippen molar-refractivity contribution >= 4 is 18.3 Å². The van der Waals surface area contributed by atoms with Gasteiger partial charge in [-0.1, -0.05) is 12.1 Å². The van der Waals surface area contributed by atoms with Gasteiger partial charge in [-0.25, -0.2) is 0 Å². The zero-order valence-electron chi connectivity index (χ0n) is 10.9. The Morgan fingerprint density at radius 3 is 2.47 bits per heavy atom. The van der Waals surface area contributed by atoms with E-state index in [1.165, 1.54) is 0 Å². The van der Waals surface area contributed by atoms with E-state index in [2.05, 4.69) is 5.32 Å². The van der Waals surface area contributed by atoms with Crippen molar-refractivity contribution in [1.82, 2.24) is 5.32 Å². The summed E-state index contributed by atoms with van der Waals surface area (Å²) in [5.41, 5.74) is 7.25. The Kier molecular flexibility index (Phi) is 6.84. The molecule has 0 aliphatic carbocycles. The second-order valence-corrected chi connectivity index (χ2v) is 4.67. The Labute approximate surface area is 120 Å². The molecule has 1 aromatic carbocycles. The van der Waals surface area contributed by atoms with Gasteiger partial charge in [0.15, 0.2) is 0 Å². The van der Waals surface area contributed by atoms with Crippen molar-refractivity contribution < 1.29 is 9.53 Å². The molecular formula is C14H21ClN2O2. The molecule has 0 atom stereocenters. The maximum absolute atomic E-state index is 11.9. The molecule has 1 heterocycles. The van der Waals surface area contributed by atoms with Crippen LogP contribution in [0.3, 0.4) is 0 Å². The normalized spacial score (nSPS) is 15.6. The molecule has 4 nitrogen and oxygen atoms in total. The fourth-order valence-electron chi connectivity index (χ4n) is 2.08. The second kappa shape index (κ2) is 8.15. The molecule has 0 saturated carbocycles. The minimum atomic E-state index is -0.00920. The number of hydrogen-bond donors (Lipinski definition) is 2. The number of benzene rings is 1. The summed E-state index contributed by atoms with van der Waals surface area (Å²) in [5.74, 6) is 0.538. The molecule has 0 aromatic heterocycles. The van der Waals surface area contributed by atoms with Crippen LogP contribution >= 0.6 is 12.4 Å². The summed E-state index contributed by atoms with van der Waals surface area (Å²) in [6, 6.07) is 7.43. The third-order valence-corrected chi connectivity index (χ3v) is 3.34. The van der Waals surface area contributed by atoms with Crippen molar-refractivity contribution in [3.63, 3.8) is 0 Å². The number of amides is 1. The minimum Gasteiger partial charge on any atom is -0.381 e. The van der Waals surface area contributed by atoms with Crippen LogP contribution in [0.4, 0.5) is 0 Å². The number of rotatable bonds is 4. The molecule has 0 radical (unpaired) electrons. The topological polar surface area (TPSA) is 64.4 Å². The molecule has 5 heteroatoms. The van der Waals surface area contributed by atoms with Gasteiger partial charge < -0.3 is 15.8 Å². The number of halogens is 1. The maximum Gasteiger partial charge on any atom is 0.251 e. The van der Waals surface area contributed by atoms with Crippen molar-refractivity contribution in [2.24, 2.45) is 11.7 Å². The highest BCUT2D eigenvalue weighted by molar-refractivity contribution is 5.94. The van der Waals surface area contributed by atoms with Crippen LogP contribution in [-0.2, 0) is 11.3 Å². The molecule has 2 rings (SSSR count). The van der Waals surface area contributed by atoms with Gasteiger partial charge in [-0.2, -0.15) is 0 Å². The highest BCUT2D eigenvalue weighted by Gasteiger charge is 2.15. The van der Waals surface area contributed by atoms with Gasteiger partial charge in [-0.15, -0.1) is 12.4 Å². The van der Waals surface area contributed by atoms with Gasteiger partial charge in [-0.05, 0) is 36.5 Å². The van der Waals surface area contributed by atoms with E-state index < -0.39 is 0 Å². The van der Waals surface area contributed by atoms with Crippen LogP contribution in [0, 0.1) is 5.92 Å². The fourth-order valence-corrected chi connectivity index (χ4v) is 2.08. The van der Waals surface area contributed by atoms with Gasteiger partial charge in [0.25, 0.3) is 5.91 Å². The molecule has 0 bridgehead atoms. The average Bonchev–Trinajstić information content (AvgIpc) is 2.46. The van der Waals surface area contributed by atoms with Crippen molar-refractivity contribution in [2.45, 2.75) is 19.4 Å². The van der Waals surface area contributed by atoms with Gasteiger partial charge in [0.1, 0.15) is 0 Å². The lowest BCUT2D eigenvalue weighted by Gasteiger charge is -2.22. The highest BCUT2D eigenvalue weighted by atomic mass is 35.5. The molecule has 0 spiro atoms. The Balaban J connectivity index is 0.00000180. The molecule has 106 valence electrons. The molecule has 1 saturated heterocycles. The van der Waals surface area contributed by atoms with E-state index in [0.29, 0.717) is 18.0 Å². The third-order valence-electron chi connectivity index (χ3n) is 3.34. The number of hydrogen-bond acceptors (Lipinski definition) is 3.